The van der Waals surface area contributed by atoms with Crippen molar-refractivity contribution in [3.8, 4) is 5.75 Å². The lowest BCUT2D eigenvalue weighted by Crippen LogP contribution is -2.48. The molecule has 1 aromatic carbocycles. The van der Waals surface area contributed by atoms with Gasteiger partial charge in [-0.15, -0.1) is 0 Å². The van der Waals surface area contributed by atoms with Crippen LogP contribution in [0.1, 0.15) is 18.9 Å². The number of phenols is 1. The number of rotatable bonds is 6. The third kappa shape index (κ3) is 4.49. The fourth-order valence-corrected chi connectivity index (χ4v) is 2.34. The predicted octanol–water partition coefficient (Wildman–Crippen LogP) is 1.72. The van der Waals surface area contributed by atoms with E-state index in [1.807, 2.05) is 18.2 Å². The Bertz CT molecular complexity index is 377. The molecule has 1 fully saturated rings. The average molecular weight is 265 g/mol. The van der Waals surface area contributed by atoms with Gasteiger partial charge in [0.1, 0.15) is 5.75 Å². The molecule has 0 bridgehead atoms. The number of benzene rings is 1. The summed E-state index contributed by atoms with van der Waals surface area (Å²) in [6.07, 6.45) is 2.01. The Morgan fingerprint density at radius 1 is 1.42 bits per heavy atom. The van der Waals surface area contributed by atoms with Crippen molar-refractivity contribution < 1.29 is 14.6 Å². The van der Waals surface area contributed by atoms with E-state index in [4.69, 9.17) is 9.47 Å². The van der Waals surface area contributed by atoms with Gasteiger partial charge in [-0.2, -0.15) is 0 Å². The molecule has 4 nitrogen and oxygen atoms in total. The second-order valence-electron chi connectivity index (χ2n) is 4.92. The highest BCUT2D eigenvalue weighted by molar-refractivity contribution is 5.27. The maximum absolute atomic E-state index is 9.54. The van der Waals surface area contributed by atoms with E-state index in [0.717, 1.165) is 24.9 Å². The van der Waals surface area contributed by atoms with Crippen LogP contribution < -0.4 is 5.32 Å². The van der Waals surface area contributed by atoms with Crippen molar-refractivity contribution in [3.05, 3.63) is 29.8 Å². The first-order chi connectivity index (χ1) is 9.29. The lowest BCUT2D eigenvalue weighted by Gasteiger charge is -2.31. The first-order valence-corrected chi connectivity index (χ1v) is 7.00. The van der Waals surface area contributed by atoms with Gasteiger partial charge in [0.05, 0.1) is 25.9 Å². The summed E-state index contributed by atoms with van der Waals surface area (Å²) in [5, 5.41) is 13.1. The fraction of sp³-hybridized carbons (Fsp3) is 0.600. The van der Waals surface area contributed by atoms with Gasteiger partial charge in [0.2, 0.25) is 0 Å². The fourth-order valence-electron chi connectivity index (χ4n) is 2.34. The summed E-state index contributed by atoms with van der Waals surface area (Å²) in [5.41, 5.74) is 1.11. The minimum Gasteiger partial charge on any atom is -0.508 e. The van der Waals surface area contributed by atoms with Gasteiger partial charge in [-0.05, 0) is 37.1 Å². The van der Waals surface area contributed by atoms with Gasteiger partial charge in [0.25, 0.3) is 0 Å². The van der Waals surface area contributed by atoms with Gasteiger partial charge in [0, 0.05) is 6.04 Å². The van der Waals surface area contributed by atoms with Gasteiger partial charge < -0.3 is 19.9 Å². The van der Waals surface area contributed by atoms with Crippen LogP contribution >= 0.6 is 0 Å². The van der Waals surface area contributed by atoms with Crippen LogP contribution in [-0.2, 0) is 15.9 Å². The first-order valence-electron chi connectivity index (χ1n) is 7.00. The third-order valence-corrected chi connectivity index (χ3v) is 3.31. The topological polar surface area (TPSA) is 50.7 Å². The Morgan fingerprint density at radius 2 is 2.32 bits per heavy atom. The van der Waals surface area contributed by atoms with Crippen LogP contribution in [0.4, 0.5) is 0 Å². The zero-order chi connectivity index (χ0) is 13.5. The molecule has 1 aromatic rings. The normalized spacial score (nSPS) is 21.2. The SMILES string of the molecule is CCCNC(Cc1cccc(O)c1)C1COCCO1. The van der Waals surface area contributed by atoms with Gasteiger partial charge in [-0.25, -0.2) is 0 Å². The van der Waals surface area contributed by atoms with Crippen molar-refractivity contribution in [2.24, 2.45) is 0 Å². The van der Waals surface area contributed by atoms with Crippen LogP contribution in [0.15, 0.2) is 24.3 Å². The van der Waals surface area contributed by atoms with Crippen LogP contribution in [-0.4, -0.2) is 43.6 Å². The first kappa shape index (κ1) is 14.3. The molecule has 19 heavy (non-hydrogen) atoms. The van der Waals surface area contributed by atoms with E-state index < -0.39 is 0 Å². The molecule has 1 aliphatic rings. The highest BCUT2D eigenvalue weighted by Crippen LogP contribution is 2.16. The minimum absolute atomic E-state index is 0.0858. The van der Waals surface area contributed by atoms with Crippen molar-refractivity contribution in [1.82, 2.24) is 5.32 Å². The molecule has 0 saturated carbocycles. The number of hydrogen-bond donors (Lipinski definition) is 2. The van der Waals surface area contributed by atoms with Gasteiger partial charge >= 0.3 is 0 Å². The van der Waals surface area contributed by atoms with Crippen molar-refractivity contribution >= 4 is 0 Å². The van der Waals surface area contributed by atoms with E-state index >= 15 is 0 Å². The van der Waals surface area contributed by atoms with Crippen LogP contribution in [0, 0.1) is 0 Å². The monoisotopic (exact) mass is 265 g/mol. The van der Waals surface area contributed by atoms with E-state index in [-0.39, 0.29) is 12.1 Å². The van der Waals surface area contributed by atoms with Crippen LogP contribution in [0.2, 0.25) is 0 Å². The molecule has 2 rings (SSSR count). The van der Waals surface area contributed by atoms with Crippen LogP contribution in [0.25, 0.3) is 0 Å². The lowest BCUT2D eigenvalue weighted by atomic mass is 10.0. The molecular weight excluding hydrogens is 242 g/mol. The summed E-state index contributed by atoms with van der Waals surface area (Å²) >= 11 is 0. The van der Waals surface area contributed by atoms with Gasteiger partial charge in [-0.3, -0.25) is 0 Å². The van der Waals surface area contributed by atoms with Crippen LogP contribution in [0.5, 0.6) is 5.75 Å². The number of phenolic OH excluding ortho intramolecular Hbond substituents is 1. The highest BCUT2D eigenvalue weighted by atomic mass is 16.6. The molecule has 2 atom stereocenters. The Morgan fingerprint density at radius 3 is 3.00 bits per heavy atom. The van der Waals surface area contributed by atoms with Crippen LogP contribution in [0.3, 0.4) is 0 Å². The zero-order valence-electron chi connectivity index (χ0n) is 11.5. The zero-order valence-corrected chi connectivity index (χ0v) is 11.5. The second kappa shape index (κ2) is 7.48. The maximum atomic E-state index is 9.54. The van der Waals surface area contributed by atoms with E-state index in [0.29, 0.717) is 25.6 Å². The summed E-state index contributed by atoms with van der Waals surface area (Å²) in [4.78, 5) is 0. The molecular formula is C15H23NO3. The summed E-state index contributed by atoms with van der Waals surface area (Å²) in [6, 6.07) is 7.63. The second-order valence-corrected chi connectivity index (χ2v) is 4.92. The average Bonchev–Trinajstić information content (AvgIpc) is 2.44. The molecule has 0 amide bonds. The standard InChI is InChI=1S/C15H23NO3/c1-2-6-16-14(15-11-18-7-8-19-15)10-12-4-3-5-13(17)9-12/h3-5,9,14-17H,2,6-8,10-11H2,1H3. The Hall–Kier alpha value is -1.10. The molecule has 0 aromatic heterocycles. The third-order valence-electron chi connectivity index (χ3n) is 3.31. The van der Waals surface area contributed by atoms with E-state index in [9.17, 15) is 5.11 Å². The molecule has 0 spiro atoms. The van der Waals surface area contributed by atoms with E-state index in [2.05, 4.69) is 12.2 Å². The molecule has 106 valence electrons. The summed E-state index contributed by atoms with van der Waals surface area (Å²) in [6.45, 7) is 5.10. The molecule has 1 heterocycles. The van der Waals surface area contributed by atoms with Crippen molar-refractivity contribution in [2.45, 2.75) is 31.9 Å². The highest BCUT2D eigenvalue weighted by Gasteiger charge is 2.24. The Kier molecular flexibility index (Phi) is 5.63. The quantitative estimate of drug-likeness (QED) is 0.822. The largest absolute Gasteiger partial charge is 0.508 e. The van der Waals surface area contributed by atoms with E-state index in [1.165, 1.54) is 0 Å². The maximum Gasteiger partial charge on any atom is 0.115 e. The lowest BCUT2D eigenvalue weighted by molar-refractivity contribution is -0.101. The van der Waals surface area contributed by atoms with E-state index in [1.54, 1.807) is 6.07 Å². The van der Waals surface area contributed by atoms with Gasteiger partial charge in [0.15, 0.2) is 0 Å². The molecule has 2 unspecified atom stereocenters. The summed E-state index contributed by atoms with van der Waals surface area (Å²) in [7, 11) is 0. The van der Waals surface area contributed by atoms with Gasteiger partial charge in [-0.1, -0.05) is 19.1 Å². The molecule has 2 N–H and O–H groups in total. The summed E-state index contributed by atoms with van der Waals surface area (Å²) < 4.78 is 11.3. The molecule has 0 aliphatic carbocycles. The van der Waals surface area contributed by atoms with Crippen molar-refractivity contribution in [3.63, 3.8) is 0 Å². The Labute approximate surface area is 114 Å². The van der Waals surface area contributed by atoms with Crippen molar-refractivity contribution in [2.75, 3.05) is 26.4 Å². The molecule has 1 saturated heterocycles. The number of nitrogens with one attached hydrogen (secondary N) is 1. The molecule has 0 radical (unpaired) electrons. The van der Waals surface area contributed by atoms with Crippen molar-refractivity contribution in [1.29, 1.82) is 0 Å². The smallest absolute Gasteiger partial charge is 0.115 e. The Balaban J connectivity index is 1.99. The molecule has 1 aliphatic heterocycles. The minimum atomic E-state index is 0.0858. The predicted molar refractivity (Wildman–Crippen MR) is 74.5 cm³/mol. The summed E-state index contributed by atoms with van der Waals surface area (Å²) in [5.74, 6) is 0.313. The number of hydrogen-bond acceptors (Lipinski definition) is 4. The number of aromatic hydroxyl groups is 1. The molecule has 4 heteroatoms. The number of ether oxygens (including phenoxy) is 2.